The number of carbonyl (C=O) groups excluding carboxylic acids is 1. The zero-order valence-electron chi connectivity index (χ0n) is 13.4. The molecule has 2 rings (SSSR count). The van der Waals surface area contributed by atoms with Crippen molar-refractivity contribution >= 4 is 21.6 Å². The highest BCUT2D eigenvalue weighted by Gasteiger charge is 2.22. The van der Waals surface area contributed by atoms with Crippen LogP contribution in [-0.4, -0.2) is 32.7 Å². The molecule has 126 valence electrons. The van der Waals surface area contributed by atoms with Crippen molar-refractivity contribution in [2.75, 3.05) is 6.54 Å². The van der Waals surface area contributed by atoms with Crippen molar-refractivity contribution in [3.8, 4) is 0 Å². The van der Waals surface area contributed by atoms with Gasteiger partial charge in [-0.2, -0.15) is 0 Å². The average Bonchev–Trinajstić information content (AvgIpc) is 2.94. The van der Waals surface area contributed by atoms with Crippen molar-refractivity contribution in [1.29, 1.82) is 0 Å². The number of nitrogens with one attached hydrogen (secondary N) is 1. The van der Waals surface area contributed by atoms with E-state index in [4.69, 9.17) is 9.98 Å². The Hall–Kier alpha value is -1.93. The van der Waals surface area contributed by atoms with E-state index >= 15 is 0 Å². The van der Waals surface area contributed by atoms with E-state index in [9.17, 15) is 13.2 Å². The molecule has 0 saturated carbocycles. The van der Waals surface area contributed by atoms with E-state index < -0.39 is 10.0 Å². The molecule has 1 aromatic rings. The van der Waals surface area contributed by atoms with Gasteiger partial charge >= 0.3 is 0 Å². The molecule has 3 N–H and O–H groups in total. The summed E-state index contributed by atoms with van der Waals surface area (Å²) in [6.45, 7) is 5.70. The van der Waals surface area contributed by atoms with Gasteiger partial charge in [0.05, 0.1) is 17.2 Å². The average molecular weight is 339 g/mol. The molecule has 7 nitrogen and oxygen atoms in total. The summed E-state index contributed by atoms with van der Waals surface area (Å²) in [7, 11) is -3.88. The van der Waals surface area contributed by atoms with Crippen molar-refractivity contribution in [2.45, 2.75) is 44.6 Å². The molecule has 0 spiro atoms. The van der Waals surface area contributed by atoms with E-state index in [0.717, 1.165) is 12.1 Å². The Bertz CT molecular complexity index is 756. The first-order valence-electron chi connectivity index (χ1n) is 7.36. The number of aryl methyl sites for hydroxylation is 1. The number of primary sulfonamides is 1. The number of hydrogen-bond donors (Lipinski definition) is 2. The third kappa shape index (κ3) is 4.08. The molecule has 1 atom stereocenters. The number of nitrogens with two attached hydrogens (primary N) is 1. The van der Waals surface area contributed by atoms with Gasteiger partial charge in [0.1, 0.15) is 6.10 Å². The predicted octanol–water partition coefficient (Wildman–Crippen LogP) is 1.24. The number of hydrogen-bond acceptors (Lipinski definition) is 5. The second-order valence-electron chi connectivity index (χ2n) is 5.61. The van der Waals surface area contributed by atoms with E-state index in [1.54, 1.807) is 19.9 Å². The standard InChI is InChI=1S/C15H21N3O4S/c1-4-12-7-13(22-18-12)8-17-15(19)11-5-9(2)10(3)14(6-11)23(16,20)21/h5-6,13H,4,7-8H2,1-3H3,(H,17,19)(H2,16,20,21)/t13-/m1/s1. The number of benzene rings is 1. The maximum atomic E-state index is 12.3. The number of carbonyl (C=O) groups is 1. The summed E-state index contributed by atoms with van der Waals surface area (Å²) in [5.41, 5.74) is 2.46. The van der Waals surface area contributed by atoms with Crippen molar-refractivity contribution in [1.82, 2.24) is 5.32 Å². The minimum atomic E-state index is -3.88. The van der Waals surface area contributed by atoms with E-state index in [1.807, 2.05) is 6.92 Å². The molecule has 1 aromatic carbocycles. The topological polar surface area (TPSA) is 111 Å². The van der Waals surface area contributed by atoms with Crippen LogP contribution in [0, 0.1) is 13.8 Å². The molecule has 0 unspecified atom stereocenters. The quantitative estimate of drug-likeness (QED) is 0.840. The fourth-order valence-electron chi connectivity index (χ4n) is 2.37. The van der Waals surface area contributed by atoms with Gasteiger partial charge in [0.15, 0.2) is 0 Å². The third-order valence-electron chi connectivity index (χ3n) is 3.88. The highest BCUT2D eigenvalue weighted by molar-refractivity contribution is 7.89. The molecule has 1 aliphatic rings. The van der Waals surface area contributed by atoms with E-state index in [1.165, 1.54) is 6.07 Å². The largest absolute Gasteiger partial charge is 0.390 e. The number of rotatable bonds is 5. The van der Waals surface area contributed by atoms with Crippen LogP contribution in [0.1, 0.15) is 41.3 Å². The van der Waals surface area contributed by atoms with Gasteiger partial charge in [0, 0.05) is 12.0 Å². The molecule has 0 bridgehead atoms. The van der Waals surface area contributed by atoms with Crippen molar-refractivity contribution < 1.29 is 18.0 Å². The lowest BCUT2D eigenvalue weighted by Crippen LogP contribution is -2.32. The van der Waals surface area contributed by atoms with Crippen LogP contribution in [0.3, 0.4) is 0 Å². The van der Waals surface area contributed by atoms with Crippen molar-refractivity contribution in [2.24, 2.45) is 10.3 Å². The maximum absolute atomic E-state index is 12.3. The lowest BCUT2D eigenvalue weighted by atomic mass is 10.1. The first-order chi connectivity index (χ1) is 10.7. The van der Waals surface area contributed by atoms with E-state index in [-0.39, 0.29) is 22.5 Å². The molecule has 8 heteroatoms. The fourth-order valence-corrected chi connectivity index (χ4v) is 3.25. The maximum Gasteiger partial charge on any atom is 0.251 e. The Balaban J connectivity index is 2.10. The normalized spacial score (nSPS) is 17.6. The smallest absolute Gasteiger partial charge is 0.251 e. The first-order valence-corrected chi connectivity index (χ1v) is 8.90. The van der Waals surface area contributed by atoms with Crippen molar-refractivity contribution in [3.63, 3.8) is 0 Å². The Labute approximate surface area is 135 Å². The Kier molecular flexibility index (Phi) is 5.06. The highest BCUT2D eigenvalue weighted by atomic mass is 32.2. The van der Waals surface area contributed by atoms with Gasteiger partial charge in [-0.3, -0.25) is 4.79 Å². The van der Waals surface area contributed by atoms with Crippen LogP contribution in [0.4, 0.5) is 0 Å². The molecule has 0 fully saturated rings. The summed E-state index contributed by atoms with van der Waals surface area (Å²) in [4.78, 5) is 17.4. The van der Waals surface area contributed by atoms with Gasteiger partial charge in [0.25, 0.3) is 5.91 Å². The second-order valence-corrected chi connectivity index (χ2v) is 7.14. The van der Waals surface area contributed by atoms with Gasteiger partial charge in [-0.05, 0) is 43.5 Å². The van der Waals surface area contributed by atoms with Crippen LogP contribution in [0.5, 0.6) is 0 Å². The Morgan fingerprint density at radius 1 is 1.43 bits per heavy atom. The van der Waals surface area contributed by atoms with E-state index in [0.29, 0.717) is 24.1 Å². The highest BCUT2D eigenvalue weighted by Crippen LogP contribution is 2.20. The predicted molar refractivity (Wildman–Crippen MR) is 86.8 cm³/mol. The number of sulfonamides is 1. The van der Waals surface area contributed by atoms with Gasteiger partial charge in [-0.25, -0.2) is 13.6 Å². The molecule has 1 heterocycles. The minimum absolute atomic E-state index is 0.0311. The monoisotopic (exact) mass is 339 g/mol. The third-order valence-corrected chi connectivity index (χ3v) is 4.92. The number of oxime groups is 1. The molecule has 1 aliphatic heterocycles. The van der Waals surface area contributed by atoms with Gasteiger partial charge in [0.2, 0.25) is 10.0 Å². The molecule has 23 heavy (non-hydrogen) atoms. The number of amides is 1. The fraction of sp³-hybridized carbons (Fsp3) is 0.467. The molecule has 0 aliphatic carbocycles. The summed E-state index contributed by atoms with van der Waals surface area (Å²) >= 11 is 0. The van der Waals surface area contributed by atoms with Gasteiger partial charge < -0.3 is 10.2 Å². The van der Waals surface area contributed by atoms with Crippen LogP contribution < -0.4 is 10.5 Å². The van der Waals surface area contributed by atoms with Crippen LogP contribution in [0.2, 0.25) is 0 Å². The van der Waals surface area contributed by atoms with Crippen LogP contribution in [0.15, 0.2) is 22.2 Å². The summed E-state index contributed by atoms with van der Waals surface area (Å²) in [6, 6.07) is 2.94. The molecule has 0 aromatic heterocycles. The first kappa shape index (κ1) is 17.4. The van der Waals surface area contributed by atoms with Crippen LogP contribution >= 0.6 is 0 Å². The van der Waals surface area contributed by atoms with E-state index in [2.05, 4.69) is 10.5 Å². The zero-order valence-corrected chi connectivity index (χ0v) is 14.2. The molecular weight excluding hydrogens is 318 g/mol. The molecule has 0 radical (unpaired) electrons. The lowest BCUT2D eigenvalue weighted by Gasteiger charge is -2.13. The summed E-state index contributed by atoms with van der Waals surface area (Å²) in [6.07, 6.45) is 1.32. The van der Waals surface area contributed by atoms with Crippen LogP contribution in [-0.2, 0) is 14.9 Å². The second kappa shape index (κ2) is 6.67. The summed E-state index contributed by atoms with van der Waals surface area (Å²) in [5.74, 6) is -0.369. The summed E-state index contributed by atoms with van der Waals surface area (Å²) < 4.78 is 23.3. The number of nitrogens with zero attached hydrogens (tertiary/aromatic N) is 1. The summed E-state index contributed by atoms with van der Waals surface area (Å²) in [5, 5.41) is 11.9. The van der Waals surface area contributed by atoms with Gasteiger partial charge in [-0.1, -0.05) is 12.1 Å². The lowest BCUT2D eigenvalue weighted by molar-refractivity contribution is 0.0753. The Morgan fingerprint density at radius 2 is 2.13 bits per heavy atom. The zero-order chi connectivity index (χ0) is 17.2. The minimum Gasteiger partial charge on any atom is -0.390 e. The Morgan fingerprint density at radius 3 is 2.70 bits per heavy atom. The van der Waals surface area contributed by atoms with Crippen molar-refractivity contribution in [3.05, 3.63) is 28.8 Å². The van der Waals surface area contributed by atoms with Gasteiger partial charge in [-0.15, -0.1) is 0 Å². The molecular formula is C15H21N3O4S. The van der Waals surface area contributed by atoms with Crippen LogP contribution in [0.25, 0.3) is 0 Å². The molecule has 0 saturated heterocycles. The molecule has 1 amide bonds. The SMILES string of the molecule is CCC1=NO[C@@H](CNC(=O)c2cc(C)c(C)c(S(N)(=O)=O)c2)C1.